The third-order valence-electron chi connectivity index (χ3n) is 2.15. The molecule has 0 unspecified atom stereocenters. The molecule has 0 saturated carbocycles. The standard InChI is InChI=1S/C12H6Br4/c13-7-2-4-11(15)10(5-7)9-3-1-8(14)6-12(9)16/h1-6H. The Morgan fingerprint density at radius 1 is 0.562 bits per heavy atom. The lowest BCUT2D eigenvalue weighted by atomic mass is 10.1. The van der Waals surface area contributed by atoms with E-state index in [0.29, 0.717) is 0 Å². The highest BCUT2D eigenvalue weighted by atomic mass is 79.9. The maximum absolute atomic E-state index is 3.58. The van der Waals surface area contributed by atoms with E-state index in [1.54, 1.807) is 0 Å². The molecule has 0 heterocycles. The molecule has 0 nitrogen and oxygen atoms in total. The summed E-state index contributed by atoms with van der Waals surface area (Å²) in [6, 6.07) is 12.3. The zero-order valence-electron chi connectivity index (χ0n) is 7.98. The molecule has 0 amide bonds. The zero-order valence-corrected chi connectivity index (χ0v) is 14.3. The molecule has 0 saturated heterocycles. The van der Waals surface area contributed by atoms with E-state index in [2.05, 4.69) is 75.9 Å². The molecule has 2 aromatic carbocycles. The van der Waals surface area contributed by atoms with Crippen LogP contribution in [0.4, 0.5) is 0 Å². The molecule has 0 aliphatic heterocycles. The van der Waals surface area contributed by atoms with Gasteiger partial charge in [-0.05, 0) is 41.5 Å². The predicted octanol–water partition coefficient (Wildman–Crippen LogP) is 6.40. The lowest BCUT2D eigenvalue weighted by Gasteiger charge is -2.08. The van der Waals surface area contributed by atoms with Crippen LogP contribution in [0.3, 0.4) is 0 Å². The second-order valence-electron chi connectivity index (χ2n) is 3.25. The van der Waals surface area contributed by atoms with E-state index < -0.39 is 0 Å². The average molecular weight is 470 g/mol. The first-order valence-corrected chi connectivity index (χ1v) is 7.65. The summed E-state index contributed by atoms with van der Waals surface area (Å²) >= 11 is 14.1. The first kappa shape index (κ1) is 12.8. The van der Waals surface area contributed by atoms with Gasteiger partial charge in [0, 0.05) is 17.9 Å². The summed E-state index contributed by atoms with van der Waals surface area (Å²) in [5, 5.41) is 0. The van der Waals surface area contributed by atoms with Crippen molar-refractivity contribution in [3.63, 3.8) is 0 Å². The Kier molecular flexibility index (Phi) is 4.27. The van der Waals surface area contributed by atoms with Crippen molar-refractivity contribution in [3.05, 3.63) is 54.3 Å². The van der Waals surface area contributed by atoms with Gasteiger partial charge in [0.25, 0.3) is 0 Å². The number of rotatable bonds is 1. The van der Waals surface area contributed by atoms with Crippen LogP contribution in [0.15, 0.2) is 54.3 Å². The van der Waals surface area contributed by atoms with Gasteiger partial charge in [-0.2, -0.15) is 0 Å². The van der Waals surface area contributed by atoms with E-state index in [0.717, 1.165) is 29.0 Å². The van der Waals surface area contributed by atoms with Gasteiger partial charge in [-0.1, -0.05) is 69.8 Å². The molecule has 2 aromatic rings. The zero-order chi connectivity index (χ0) is 11.7. The minimum atomic E-state index is 1.06. The van der Waals surface area contributed by atoms with Crippen molar-refractivity contribution in [2.75, 3.05) is 0 Å². The monoisotopic (exact) mass is 466 g/mol. The van der Waals surface area contributed by atoms with E-state index in [1.807, 2.05) is 24.3 Å². The Balaban J connectivity index is 2.62. The molecule has 0 aliphatic rings. The van der Waals surface area contributed by atoms with Gasteiger partial charge in [0.05, 0.1) is 0 Å². The lowest BCUT2D eigenvalue weighted by Crippen LogP contribution is -1.82. The third kappa shape index (κ3) is 2.78. The summed E-state index contributed by atoms with van der Waals surface area (Å²) in [5.74, 6) is 0. The van der Waals surface area contributed by atoms with Crippen LogP contribution < -0.4 is 0 Å². The molecule has 0 bridgehead atoms. The maximum atomic E-state index is 3.58. The molecule has 0 radical (unpaired) electrons. The molecule has 0 spiro atoms. The molecular weight excluding hydrogens is 464 g/mol. The Morgan fingerprint density at radius 2 is 1.19 bits per heavy atom. The summed E-state index contributed by atoms with van der Waals surface area (Å²) < 4.78 is 4.29. The summed E-state index contributed by atoms with van der Waals surface area (Å²) in [7, 11) is 0. The van der Waals surface area contributed by atoms with Crippen molar-refractivity contribution in [2.45, 2.75) is 0 Å². The Hall–Kier alpha value is 0.360. The van der Waals surface area contributed by atoms with Gasteiger partial charge in [-0.15, -0.1) is 0 Å². The SMILES string of the molecule is Brc1ccc(-c2cc(Br)ccc2Br)c(Br)c1. The Bertz CT molecular complexity index is 535. The molecule has 82 valence electrons. The third-order valence-corrected chi connectivity index (χ3v) is 4.48. The number of benzene rings is 2. The van der Waals surface area contributed by atoms with Crippen LogP contribution in [0.1, 0.15) is 0 Å². The highest BCUT2D eigenvalue weighted by Gasteiger charge is 2.07. The second kappa shape index (κ2) is 5.34. The molecular formula is C12H6Br4. The smallest absolute Gasteiger partial charge is 0.0265 e. The Labute approximate surface area is 128 Å². The van der Waals surface area contributed by atoms with E-state index >= 15 is 0 Å². The fourth-order valence-corrected chi connectivity index (χ4v) is 3.49. The van der Waals surface area contributed by atoms with Crippen LogP contribution in [-0.2, 0) is 0 Å². The maximum Gasteiger partial charge on any atom is 0.0265 e. The number of hydrogen-bond acceptors (Lipinski definition) is 0. The van der Waals surface area contributed by atoms with Gasteiger partial charge < -0.3 is 0 Å². The highest BCUT2D eigenvalue weighted by Crippen LogP contribution is 2.36. The van der Waals surface area contributed by atoms with Crippen LogP contribution in [0.2, 0.25) is 0 Å². The minimum absolute atomic E-state index is 1.06. The largest absolute Gasteiger partial charge is 0.0521 e. The fourth-order valence-electron chi connectivity index (χ4n) is 1.41. The van der Waals surface area contributed by atoms with Gasteiger partial charge in [0.2, 0.25) is 0 Å². The second-order valence-corrected chi connectivity index (χ2v) is 6.79. The van der Waals surface area contributed by atoms with E-state index in [-0.39, 0.29) is 0 Å². The first-order valence-electron chi connectivity index (χ1n) is 4.48. The van der Waals surface area contributed by atoms with Gasteiger partial charge in [-0.3, -0.25) is 0 Å². The summed E-state index contributed by atoms with van der Waals surface area (Å²) in [6.45, 7) is 0. The molecule has 0 aliphatic carbocycles. The van der Waals surface area contributed by atoms with E-state index in [9.17, 15) is 0 Å². The van der Waals surface area contributed by atoms with Gasteiger partial charge in [0.15, 0.2) is 0 Å². The van der Waals surface area contributed by atoms with Crippen LogP contribution in [0, 0.1) is 0 Å². The van der Waals surface area contributed by atoms with E-state index in [1.165, 1.54) is 0 Å². The van der Waals surface area contributed by atoms with E-state index in [4.69, 9.17) is 0 Å². The topological polar surface area (TPSA) is 0 Å². The van der Waals surface area contributed by atoms with Crippen molar-refractivity contribution in [1.29, 1.82) is 0 Å². The average Bonchev–Trinajstić information content (AvgIpc) is 2.22. The van der Waals surface area contributed by atoms with Gasteiger partial charge in [0.1, 0.15) is 0 Å². The molecule has 2 rings (SSSR count). The van der Waals surface area contributed by atoms with Gasteiger partial charge in [-0.25, -0.2) is 0 Å². The van der Waals surface area contributed by atoms with Crippen molar-refractivity contribution < 1.29 is 0 Å². The highest BCUT2D eigenvalue weighted by molar-refractivity contribution is 9.11. The first-order chi connectivity index (χ1) is 7.58. The minimum Gasteiger partial charge on any atom is -0.0521 e. The van der Waals surface area contributed by atoms with Gasteiger partial charge >= 0.3 is 0 Å². The molecule has 0 aromatic heterocycles. The summed E-state index contributed by atoms with van der Waals surface area (Å²) in [4.78, 5) is 0. The van der Waals surface area contributed by atoms with Crippen molar-refractivity contribution in [2.24, 2.45) is 0 Å². The summed E-state index contributed by atoms with van der Waals surface area (Å²) in [5.41, 5.74) is 2.32. The Morgan fingerprint density at radius 3 is 1.88 bits per heavy atom. The van der Waals surface area contributed by atoms with Crippen molar-refractivity contribution >= 4 is 63.7 Å². The number of hydrogen-bond donors (Lipinski definition) is 0. The van der Waals surface area contributed by atoms with Crippen LogP contribution >= 0.6 is 63.7 Å². The fraction of sp³-hybridized carbons (Fsp3) is 0. The number of halogens is 4. The lowest BCUT2D eigenvalue weighted by molar-refractivity contribution is 1.52. The quantitative estimate of drug-likeness (QED) is 0.453. The molecule has 0 atom stereocenters. The molecule has 4 heteroatoms. The molecule has 0 fully saturated rings. The molecule has 16 heavy (non-hydrogen) atoms. The predicted molar refractivity (Wildman–Crippen MR) is 82.7 cm³/mol. The van der Waals surface area contributed by atoms with Crippen LogP contribution in [0.5, 0.6) is 0 Å². The van der Waals surface area contributed by atoms with Crippen molar-refractivity contribution in [3.8, 4) is 11.1 Å². The summed E-state index contributed by atoms with van der Waals surface area (Å²) in [6.07, 6.45) is 0. The normalized spacial score (nSPS) is 10.5. The molecule has 0 N–H and O–H groups in total. The van der Waals surface area contributed by atoms with Crippen LogP contribution in [0.25, 0.3) is 11.1 Å². The van der Waals surface area contributed by atoms with Crippen LogP contribution in [-0.4, -0.2) is 0 Å². The van der Waals surface area contributed by atoms with Crippen molar-refractivity contribution in [1.82, 2.24) is 0 Å².